The first-order chi connectivity index (χ1) is 28.0. The third-order valence-electron chi connectivity index (χ3n) is 10.3. The van der Waals surface area contributed by atoms with Crippen LogP contribution in [0.4, 0.5) is 0 Å². The predicted octanol–water partition coefficient (Wildman–Crippen LogP) is 15.5. The summed E-state index contributed by atoms with van der Waals surface area (Å²) in [6.07, 6.45) is 53.8. The fraction of sp³-hybridized carbons (Fsp3) is 0.784. The normalized spacial score (nSPS) is 12.4. The summed E-state index contributed by atoms with van der Waals surface area (Å²) in [6.45, 7) is 6.53. The molecule has 0 rings (SSSR count). The number of hydrogen-bond acceptors (Lipinski definition) is 6. The quantitative estimate of drug-likeness (QED) is 0.0265. The van der Waals surface area contributed by atoms with Gasteiger partial charge in [0.1, 0.15) is 13.2 Å². The van der Waals surface area contributed by atoms with Crippen molar-refractivity contribution < 1.29 is 28.6 Å². The molecular weight excluding hydrogens is 709 g/mol. The average Bonchev–Trinajstić information content (AvgIpc) is 3.21. The van der Waals surface area contributed by atoms with Crippen molar-refractivity contribution in [3.8, 4) is 0 Å². The Bertz CT molecular complexity index is 1010. The SMILES string of the molecule is CCCC/C=C\CCCCCCCC(=O)O[C@H](COC(=O)CCC/C=C\C/C=C\C/C=C\CCCCCCCC)COC(=O)CCCCCCCCCCCCC. The van der Waals surface area contributed by atoms with E-state index in [1.165, 1.54) is 122 Å². The molecule has 0 fully saturated rings. The number of unbranched alkanes of at least 4 members (excludes halogenated alkanes) is 24. The van der Waals surface area contributed by atoms with E-state index in [1.54, 1.807) is 0 Å². The molecule has 1 atom stereocenters. The van der Waals surface area contributed by atoms with Crippen LogP contribution in [0, 0.1) is 0 Å². The van der Waals surface area contributed by atoms with E-state index in [4.69, 9.17) is 14.2 Å². The van der Waals surface area contributed by atoms with Crippen molar-refractivity contribution in [2.75, 3.05) is 13.2 Å². The minimum atomic E-state index is -0.792. The molecule has 0 aromatic carbocycles. The fourth-order valence-electron chi connectivity index (χ4n) is 6.61. The second-order valence-electron chi connectivity index (χ2n) is 16.0. The number of carbonyl (C=O) groups is 3. The maximum absolute atomic E-state index is 12.7. The third kappa shape index (κ3) is 44.3. The zero-order valence-corrected chi connectivity index (χ0v) is 37.6. The number of hydrogen-bond donors (Lipinski definition) is 0. The molecule has 0 aliphatic rings. The molecule has 57 heavy (non-hydrogen) atoms. The Morgan fingerprint density at radius 3 is 1.12 bits per heavy atom. The largest absolute Gasteiger partial charge is 0.462 e. The summed E-state index contributed by atoms with van der Waals surface area (Å²) in [5.74, 6) is -0.954. The van der Waals surface area contributed by atoms with E-state index in [1.807, 2.05) is 0 Å². The lowest BCUT2D eigenvalue weighted by molar-refractivity contribution is -0.167. The Labute approximate surface area is 352 Å². The molecule has 0 unspecified atom stereocenters. The number of esters is 3. The summed E-state index contributed by atoms with van der Waals surface area (Å²) in [5.41, 5.74) is 0. The topological polar surface area (TPSA) is 78.9 Å². The van der Waals surface area contributed by atoms with Gasteiger partial charge < -0.3 is 14.2 Å². The van der Waals surface area contributed by atoms with Crippen molar-refractivity contribution in [2.45, 2.75) is 245 Å². The highest BCUT2D eigenvalue weighted by Crippen LogP contribution is 2.14. The number of ether oxygens (including phenoxy) is 3. The van der Waals surface area contributed by atoms with Gasteiger partial charge in [0.15, 0.2) is 6.10 Å². The molecule has 0 aromatic rings. The molecule has 6 heteroatoms. The molecule has 0 saturated carbocycles. The lowest BCUT2D eigenvalue weighted by Crippen LogP contribution is -2.30. The van der Waals surface area contributed by atoms with Crippen LogP contribution < -0.4 is 0 Å². The van der Waals surface area contributed by atoms with Gasteiger partial charge >= 0.3 is 17.9 Å². The molecule has 0 saturated heterocycles. The van der Waals surface area contributed by atoms with Crippen LogP contribution in [-0.2, 0) is 28.6 Å². The molecule has 0 N–H and O–H groups in total. The van der Waals surface area contributed by atoms with Gasteiger partial charge in [-0.25, -0.2) is 0 Å². The van der Waals surface area contributed by atoms with E-state index in [2.05, 4.69) is 69.4 Å². The van der Waals surface area contributed by atoms with Crippen molar-refractivity contribution in [2.24, 2.45) is 0 Å². The molecule has 330 valence electrons. The van der Waals surface area contributed by atoms with E-state index in [-0.39, 0.29) is 37.5 Å². The molecule has 0 heterocycles. The highest BCUT2D eigenvalue weighted by molar-refractivity contribution is 5.71. The van der Waals surface area contributed by atoms with Gasteiger partial charge in [-0.05, 0) is 70.6 Å². The van der Waals surface area contributed by atoms with Crippen LogP contribution in [0.1, 0.15) is 239 Å². The molecule has 0 bridgehead atoms. The van der Waals surface area contributed by atoms with Crippen LogP contribution >= 0.6 is 0 Å². The van der Waals surface area contributed by atoms with Crippen LogP contribution in [0.15, 0.2) is 48.6 Å². The highest BCUT2D eigenvalue weighted by Gasteiger charge is 2.19. The van der Waals surface area contributed by atoms with Crippen molar-refractivity contribution in [1.29, 1.82) is 0 Å². The number of rotatable bonds is 43. The molecule has 0 aliphatic carbocycles. The summed E-state index contributed by atoms with van der Waals surface area (Å²) in [6, 6.07) is 0. The van der Waals surface area contributed by atoms with Crippen LogP contribution in [0.2, 0.25) is 0 Å². The lowest BCUT2D eigenvalue weighted by Gasteiger charge is -2.18. The van der Waals surface area contributed by atoms with Gasteiger partial charge in [0.2, 0.25) is 0 Å². The van der Waals surface area contributed by atoms with Crippen molar-refractivity contribution in [3.63, 3.8) is 0 Å². The zero-order chi connectivity index (χ0) is 41.5. The Hall–Kier alpha value is -2.63. The predicted molar refractivity (Wildman–Crippen MR) is 242 cm³/mol. The average molecular weight is 799 g/mol. The maximum atomic E-state index is 12.7. The van der Waals surface area contributed by atoms with Crippen molar-refractivity contribution in [3.05, 3.63) is 48.6 Å². The van der Waals surface area contributed by atoms with Gasteiger partial charge in [0.05, 0.1) is 0 Å². The summed E-state index contributed by atoms with van der Waals surface area (Å²) < 4.78 is 16.7. The summed E-state index contributed by atoms with van der Waals surface area (Å²) in [4.78, 5) is 37.7. The fourth-order valence-corrected chi connectivity index (χ4v) is 6.61. The minimum absolute atomic E-state index is 0.0904. The van der Waals surface area contributed by atoms with E-state index >= 15 is 0 Å². The van der Waals surface area contributed by atoms with Gasteiger partial charge in [-0.15, -0.1) is 0 Å². The molecule has 6 nitrogen and oxygen atoms in total. The van der Waals surface area contributed by atoms with E-state index < -0.39 is 6.10 Å². The lowest BCUT2D eigenvalue weighted by atomic mass is 10.1. The number of allylic oxidation sites excluding steroid dienone is 8. The van der Waals surface area contributed by atoms with E-state index in [0.29, 0.717) is 19.3 Å². The monoisotopic (exact) mass is 799 g/mol. The molecule has 0 spiro atoms. The van der Waals surface area contributed by atoms with Crippen LogP contribution in [0.3, 0.4) is 0 Å². The maximum Gasteiger partial charge on any atom is 0.306 e. The van der Waals surface area contributed by atoms with E-state index in [9.17, 15) is 14.4 Å². The van der Waals surface area contributed by atoms with Crippen LogP contribution in [-0.4, -0.2) is 37.2 Å². The first-order valence-electron chi connectivity index (χ1n) is 24.1. The molecule has 0 aromatic heterocycles. The molecule has 0 amide bonds. The second-order valence-corrected chi connectivity index (χ2v) is 16.0. The first kappa shape index (κ1) is 54.4. The Balaban J connectivity index is 4.42. The Kier molecular flexibility index (Phi) is 43.9. The smallest absolute Gasteiger partial charge is 0.306 e. The zero-order valence-electron chi connectivity index (χ0n) is 37.6. The molecule has 0 radical (unpaired) electrons. The van der Waals surface area contributed by atoms with Gasteiger partial charge in [0, 0.05) is 19.3 Å². The van der Waals surface area contributed by atoms with E-state index in [0.717, 1.165) is 70.6 Å². The van der Waals surface area contributed by atoms with Gasteiger partial charge in [-0.2, -0.15) is 0 Å². The van der Waals surface area contributed by atoms with Crippen molar-refractivity contribution in [1.82, 2.24) is 0 Å². The van der Waals surface area contributed by atoms with Crippen LogP contribution in [0.25, 0.3) is 0 Å². The molecular formula is C51H90O6. The molecule has 0 aliphatic heterocycles. The second kappa shape index (κ2) is 46.1. The van der Waals surface area contributed by atoms with Crippen LogP contribution in [0.5, 0.6) is 0 Å². The van der Waals surface area contributed by atoms with Crippen molar-refractivity contribution >= 4 is 17.9 Å². The summed E-state index contributed by atoms with van der Waals surface area (Å²) in [5, 5.41) is 0. The Morgan fingerprint density at radius 1 is 0.351 bits per heavy atom. The minimum Gasteiger partial charge on any atom is -0.462 e. The summed E-state index contributed by atoms with van der Waals surface area (Å²) in [7, 11) is 0. The standard InChI is InChI=1S/C51H90O6/c1-4-7-10-13-16-19-22-23-24-25-26-27-30-32-35-38-41-44-50(53)56-47-48(57-51(54)45-42-39-36-33-29-21-18-15-12-9-6-3)46-55-49(52)43-40-37-34-31-28-20-17-14-11-8-5-2/h15,18,23-24,26-27,32,35,48H,4-14,16-17,19-22,25,28-31,33-34,36-47H2,1-3H3/b18-15-,24-23-,27-26-,35-32-/t48-/m0/s1. The first-order valence-corrected chi connectivity index (χ1v) is 24.1. The highest BCUT2D eigenvalue weighted by atomic mass is 16.6. The third-order valence-corrected chi connectivity index (χ3v) is 10.3. The van der Waals surface area contributed by atoms with Gasteiger partial charge in [0.25, 0.3) is 0 Å². The number of carbonyl (C=O) groups excluding carboxylic acids is 3. The van der Waals surface area contributed by atoms with Gasteiger partial charge in [-0.1, -0.05) is 198 Å². The summed E-state index contributed by atoms with van der Waals surface area (Å²) >= 11 is 0. The van der Waals surface area contributed by atoms with Gasteiger partial charge in [-0.3, -0.25) is 14.4 Å². The Morgan fingerprint density at radius 2 is 0.667 bits per heavy atom.